The molecule has 0 aromatic heterocycles. The Morgan fingerprint density at radius 2 is 1.62 bits per heavy atom. The van der Waals surface area contributed by atoms with E-state index in [0.29, 0.717) is 39.9 Å². The summed E-state index contributed by atoms with van der Waals surface area (Å²) in [7, 11) is 0. The first-order chi connectivity index (χ1) is 29.3. The highest BCUT2D eigenvalue weighted by atomic mass is 35.5. The zero-order chi connectivity index (χ0) is 42.9. The van der Waals surface area contributed by atoms with Crippen molar-refractivity contribution >= 4 is 46.8 Å². The number of hydrogen-bond acceptors (Lipinski definition) is 10. The monoisotopic (exact) mass is 852 g/mol. The molecule has 15 heteroatoms. The lowest BCUT2D eigenvalue weighted by molar-refractivity contribution is -0.136. The van der Waals surface area contributed by atoms with Crippen LogP contribution in [0.1, 0.15) is 115 Å². The second-order valence-corrected chi connectivity index (χ2v) is 17.6. The number of rotatable bonds is 12. The number of benzene rings is 3. The summed E-state index contributed by atoms with van der Waals surface area (Å²) in [6, 6.07) is 17.1. The van der Waals surface area contributed by atoms with Crippen LogP contribution in [0.4, 0.5) is 10.1 Å². The highest BCUT2D eigenvalue weighted by Crippen LogP contribution is 2.37. The molecule has 2 saturated carbocycles. The van der Waals surface area contributed by atoms with E-state index in [9.17, 15) is 24.0 Å². The average molecular weight is 853 g/mol. The molecule has 8 rings (SSSR count). The fourth-order valence-corrected chi connectivity index (χ4v) is 9.62. The molecule has 1 atom stereocenters. The summed E-state index contributed by atoms with van der Waals surface area (Å²) in [5.41, 5.74) is 1.65. The minimum absolute atomic E-state index is 0.00651. The smallest absolute Gasteiger partial charge is 0.265 e. The van der Waals surface area contributed by atoms with Gasteiger partial charge in [0, 0.05) is 80.4 Å². The molecule has 0 radical (unpaired) electrons. The minimum Gasteiger partial charge on any atom is -0.490 e. The zero-order valence-electron chi connectivity index (χ0n) is 34.3. The first-order valence-corrected chi connectivity index (χ1v) is 21.7. The largest absolute Gasteiger partial charge is 0.490 e. The predicted molar refractivity (Wildman–Crippen MR) is 224 cm³/mol. The number of halogens is 2. The lowest BCUT2D eigenvalue weighted by atomic mass is 9.85. The normalized spacial score (nSPS) is 24.3. The molecule has 13 nitrogen and oxygen atoms in total. The van der Waals surface area contributed by atoms with Gasteiger partial charge in [-0.3, -0.25) is 39.1 Å². The van der Waals surface area contributed by atoms with Crippen LogP contribution < -0.4 is 25.0 Å². The third-order valence-electron chi connectivity index (χ3n) is 12.9. The van der Waals surface area contributed by atoms with Gasteiger partial charge in [0.15, 0.2) is 0 Å². The molecular formula is C46H50ClFN6O7. The quantitative estimate of drug-likeness (QED) is 0.195. The number of anilines is 1. The van der Waals surface area contributed by atoms with Crippen molar-refractivity contribution in [1.29, 1.82) is 5.26 Å². The van der Waals surface area contributed by atoms with Gasteiger partial charge >= 0.3 is 0 Å². The van der Waals surface area contributed by atoms with Gasteiger partial charge in [-0.2, -0.15) is 5.26 Å². The van der Waals surface area contributed by atoms with Crippen LogP contribution in [-0.4, -0.2) is 95.3 Å². The van der Waals surface area contributed by atoms with E-state index in [0.717, 1.165) is 87.7 Å². The van der Waals surface area contributed by atoms with Gasteiger partial charge in [0.1, 0.15) is 35.5 Å². The van der Waals surface area contributed by atoms with E-state index >= 15 is 4.39 Å². The third kappa shape index (κ3) is 9.09. The van der Waals surface area contributed by atoms with Crippen molar-refractivity contribution in [2.75, 3.05) is 24.5 Å². The number of piperidine rings is 2. The van der Waals surface area contributed by atoms with Gasteiger partial charge in [-0.05, 0) is 107 Å². The Labute approximate surface area is 359 Å². The Hall–Kier alpha value is -5.52. The Balaban J connectivity index is 0.770. The van der Waals surface area contributed by atoms with Crippen LogP contribution in [0.5, 0.6) is 11.5 Å². The highest BCUT2D eigenvalue weighted by Gasteiger charge is 2.47. The van der Waals surface area contributed by atoms with Crippen molar-refractivity contribution in [3.63, 3.8) is 0 Å². The molecule has 5 aliphatic rings. The number of ether oxygens (including phenoxy) is 2. The number of imide groups is 2. The maximum atomic E-state index is 15.3. The van der Waals surface area contributed by atoms with Gasteiger partial charge in [-0.15, -0.1) is 0 Å². The van der Waals surface area contributed by atoms with E-state index in [-0.39, 0.29) is 53.9 Å². The standard InChI is InChI=1S/C46H50ClFN6O7/c1-26(2)53(32-19-35(20-32)61-36-21-37-42(39(48)23-36)46(59)54(45(37)58)40-13-14-41(55)51-44(40)57)25-27-15-17-52(18-16-27)31-8-3-28(4-9-31)43(56)50-30-6-11-33(12-7-30)60-34-10-5-29(24-49)38(47)22-34/h3-5,8-10,21-23,26-27,30,32-33,35,40H,6-7,11-20,25H2,1-2H3,(H,50,56)(H,51,55,57). The molecule has 61 heavy (non-hydrogen) atoms. The van der Waals surface area contributed by atoms with E-state index in [4.69, 9.17) is 26.3 Å². The summed E-state index contributed by atoms with van der Waals surface area (Å²) in [5.74, 6) is -2.49. The van der Waals surface area contributed by atoms with E-state index in [1.807, 2.05) is 24.3 Å². The van der Waals surface area contributed by atoms with E-state index < -0.39 is 35.5 Å². The maximum Gasteiger partial charge on any atom is 0.265 e. The van der Waals surface area contributed by atoms with Crippen molar-refractivity contribution in [3.05, 3.63) is 87.7 Å². The Bertz CT molecular complexity index is 2240. The second kappa shape index (κ2) is 17.8. The zero-order valence-corrected chi connectivity index (χ0v) is 35.1. The molecule has 5 amide bonds. The third-order valence-corrected chi connectivity index (χ3v) is 13.2. The molecule has 4 fully saturated rings. The minimum atomic E-state index is -1.17. The summed E-state index contributed by atoms with van der Waals surface area (Å²) in [6.45, 7) is 7.20. The van der Waals surface area contributed by atoms with Gasteiger partial charge in [0.2, 0.25) is 11.8 Å². The van der Waals surface area contributed by atoms with Gasteiger partial charge in [0.25, 0.3) is 17.7 Å². The summed E-state index contributed by atoms with van der Waals surface area (Å²) < 4.78 is 27.5. The topological polar surface area (TPSA) is 161 Å². The Morgan fingerprint density at radius 3 is 2.28 bits per heavy atom. The number of carbonyl (C=O) groups is 5. The molecule has 320 valence electrons. The van der Waals surface area contributed by atoms with Gasteiger partial charge in [-0.25, -0.2) is 4.39 Å². The van der Waals surface area contributed by atoms with Crippen molar-refractivity contribution in [1.82, 2.24) is 20.4 Å². The number of nitrogens with one attached hydrogen (secondary N) is 2. The Morgan fingerprint density at radius 1 is 0.918 bits per heavy atom. The number of amides is 5. The molecule has 3 heterocycles. The van der Waals surface area contributed by atoms with Crippen LogP contribution in [0.25, 0.3) is 0 Å². The summed E-state index contributed by atoms with van der Waals surface area (Å²) in [6.07, 6.45) is 6.66. The fourth-order valence-electron chi connectivity index (χ4n) is 9.41. The number of carbonyl (C=O) groups excluding carboxylic acids is 5. The van der Waals surface area contributed by atoms with Crippen LogP contribution in [0, 0.1) is 23.1 Å². The molecule has 1 unspecified atom stereocenters. The molecule has 2 saturated heterocycles. The van der Waals surface area contributed by atoms with Crippen molar-refractivity contribution in [2.45, 2.75) is 114 Å². The lowest BCUT2D eigenvalue weighted by Crippen LogP contribution is -2.54. The van der Waals surface area contributed by atoms with Crippen LogP contribution in [0.3, 0.4) is 0 Å². The summed E-state index contributed by atoms with van der Waals surface area (Å²) in [4.78, 5) is 69.2. The lowest BCUT2D eigenvalue weighted by Gasteiger charge is -2.46. The van der Waals surface area contributed by atoms with Crippen LogP contribution >= 0.6 is 11.6 Å². The number of hydrogen-bond donors (Lipinski definition) is 2. The van der Waals surface area contributed by atoms with E-state index in [2.05, 4.69) is 40.4 Å². The highest BCUT2D eigenvalue weighted by molar-refractivity contribution is 6.31. The maximum absolute atomic E-state index is 15.3. The molecule has 3 aliphatic heterocycles. The van der Waals surface area contributed by atoms with Gasteiger partial charge < -0.3 is 19.7 Å². The van der Waals surface area contributed by atoms with Crippen molar-refractivity contribution in [3.8, 4) is 17.6 Å². The summed E-state index contributed by atoms with van der Waals surface area (Å²) >= 11 is 6.16. The van der Waals surface area contributed by atoms with Crippen LogP contribution in [0.2, 0.25) is 5.02 Å². The summed E-state index contributed by atoms with van der Waals surface area (Å²) in [5, 5.41) is 14.8. The molecule has 3 aromatic carbocycles. The molecule has 3 aromatic rings. The van der Waals surface area contributed by atoms with Gasteiger partial charge in [-0.1, -0.05) is 11.6 Å². The first kappa shape index (κ1) is 42.2. The molecule has 2 aliphatic carbocycles. The van der Waals surface area contributed by atoms with Crippen LogP contribution in [0.15, 0.2) is 54.6 Å². The average Bonchev–Trinajstić information content (AvgIpc) is 3.48. The van der Waals surface area contributed by atoms with Crippen molar-refractivity contribution < 1.29 is 37.8 Å². The Kier molecular flexibility index (Phi) is 12.3. The number of fused-ring (bicyclic) bond motifs is 1. The van der Waals surface area contributed by atoms with Crippen molar-refractivity contribution in [2.24, 2.45) is 5.92 Å². The molecule has 0 spiro atoms. The molecular weight excluding hydrogens is 803 g/mol. The van der Waals surface area contributed by atoms with Gasteiger partial charge in [0.05, 0.1) is 27.8 Å². The first-order valence-electron chi connectivity index (χ1n) is 21.3. The SMILES string of the molecule is CC(C)N(CC1CCN(c2ccc(C(=O)NC3CCC(Oc4ccc(C#N)c(Cl)c4)CC3)cc2)CC1)C1CC(Oc2cc(F)c3c(c2)C(=O)N(C2CCC(=O)NC2=O)C3=O)C1. The molecule has 2 N–H and O–H groups in total. The second-order valence-electron chi connectivity index (χ2n) is 17.2. The number of nitriles is 1. The van der Waals surface area contributed by atoms with E-state index in [1.54, 1.807) is 18.2 Å². The number of nitrogens with zero attached hydrogens (tertiary/aromatic N) is 4. The van der Waals surface area contributed by atoms with E-state index in [1.165, 1.54) is 6.07 Å². The molecule has 0 bridgehead atoms. The van der Waals surface area contributed by atoms with Crippen LogP contribution in [-0.2, 0) is 9.59 Å². The predicted octanol–water partition coefficient (Wildman–Crippen LogP) is 6.41. The fraction of sp³-hybridized carbons (Fsp3) is 0.478.